The lowest BCUT2D eigenvalue weighted by atomic mass is 9.95. The van der Waals surface area contributed by atoms with Gasteiger partial charge >= 0.3 is 0 Å². The van der Waals surface area contributed by atoms with Crippen LogP contribution in [0.15, 0.2) is 48.0 Å². The molecule has 9 heteroatoms. The third-order valence-electron chi connectivity index (χ3n) is 6.14. The van der Waals surface area contributed by atoms with E-state index in [2.05, 4.69) is 4.90 Å². The van der Waals surface area contributed by atoms with E-state index in [1.54, 1.807) is 37.4 Å². The van der Waals surface area contributed by atoms with E-state index in [0.29, 0.717) is 48.9 Å². The molecule has 1 N–H and O–H groups in total. The van der Waals surface area contributed by atoms with Crippen LogP contribution < -0.4 is 9.47 Å². The van der Waals surface area contributed by atoms with E-state index in [4.69, 9.17) is 25.8 Å². The van der Waals surface area contributed by atoms with Crippen LogP contribution in [-0.4, -0.2) is 80.2 Å². The van der Waals surface area contributed by atoms with Crippen LogP contribution in [-0.2, 0) is 14.3 Å². The average Bonchev–Trinajstić information content (AvgIpc) is 3.12. The van der Waals surface area contributed by atoms with E-state index in [0.717, 1.165) is 13.1 Å². The Labute approximate surface area is 203 Å². The topological polar surface area (TPSA) is 88.5 Å². The second kappa shape index (κ2) is 10.5. The summed E-state index contributed by atoms with van der Waals surface area (Å²) in [5.41, 5.74) is 1.01. The van der Waals surface area contributed by atoms with Gasteiger partial charge in [-0.3, -0.25) is 14.5 Å². The molecule has 2 aliphatic heterocycles. The summed E-state index contributed by atoms with van der Waals surface area (Å²) in [6, 6.07) is 11.1. The van der Waals surface area contributed by atoms with Crippen LogP contribution in [0.25, 0.3) is 5.76 Å². The number of ketones is 1. The molecular weight excluding hydrogens is 460 g/mol. The average molecular weight is 487 g/mol. The van der Waals surface area contributed by atoms with Crippen LogP contribution in [0.5, 0.6) is 11.5 Å². The Balaban J connectivity index is 1.76. The highest BCUT2D eigenvalue weighted by Crippen LogP contribution is 2.41. The Morgan fingerprint density at radius 2 is 1.85 bits per heavy atom. The summed E-state index contributed by atoms with van der Waals surface area (Å²) >= 11 is 6.25. The molecule has 2 aromatic rings. The Morgan fingerprint density at radius 3 is 2.53 bits per heavy atom. The van der Waals surface area contributed by atoms with E-state index >= 15 is 0 Å². The van der Waals surface area contributed by atoms with E-state index < -0.39 is 17.7 Å². The zero-order chi connectivity index (χ0) is 24.2. The fourth-order valence-corrected chi connectivity index (χ4v) is 4.57. The lowest BCUT2D eigenvalue weighted by Crippen LogP contribution is -2.42. The molecule has 1 amide bonds. The second-order valence-corrected chi connectivity index (χ2v) is 8.48. The molecule has 0 aromatic heterocycles. The molecule has 34 heavy (non-hydrogen) atoms. The van der Waals surface area contributed by atoms with Crippen molar-refractivity contribution in [2.75, 3.05) is 53.6 Å². The van der Waals surface area contributed by atoms with Crippen molar-refractivity contribution in [3.63, 3.8) is 0 Å². The van der Waals surface area contributed by atoms with Crippen LogP contribution in [0, 0.1) is 0 Å². The van der Waals surface area contributed by atoms with Gasteiger partial charge in [-0.25, -0.2) is 0 Å². The minimum absolute atomic E-state index is 0.0152. The van der Waals surface area contributed by atoms with Crippen molar-refractivity contribution in [2.45, 2.75) is 6.04 Å². The van der Waals surface area contributed by atoms with Crippen molar-refractivity contribution in [1.29, 1.82) is 0 Å². The molecule has 0 saturated carbocycles. The number of benzene rings is 2. The van der Waals surface area contributed by atoms with Crippen LogP contribution in [0.2, 0.25) is 5.02 Å². The maximum absolute atomic E-state index is 13.2. The molecule has 0 aliphatic carbocycles. The predicted molar refractivity (Wildman–Crippen MR) is 127 cm³/mol. The SMILES string of the molecule is COc1cccc([C@H]2C(=C(O)c3ccc(OC)c(Cl)c3)C(=O)C(=O)N2CCN2CCOCC2)c1. The number of halogens is 1. The minimum Gasteiger partial charge on any atom is -0.507 e. The molecule has 180 valence electrons. The molecule has 8 nitrogen and oxygen atoms in total. The maximum atomic E-state index is 13.2. The first kappa shape index (κ1) is 24.1. The molecule has 2 aliphatic rings. The minimum atomic E-state index is -0.767. The summed E-state index contributed by atoms with van der Waals surface area (Å²) in [7, 11) is 3.04. The zero-order valence-electron chi connectivity index (χ0n) is 19.1. The highest BCUT2D eigenvalue weighted by molar-refractivity contribution is 6.46. The third kappa shape index (κ3) is 4.75. The van der Waals surface area contributed by atoms with Crippen molar-refractivity contribution in [1.82, 2.24) is 9.80 Å². The van der Waals surface area contributed by atoms with Crippen molar-refractivity contribution in [3.05, 3.63) is 64.2 Å². The molecule has 0 unspecified atom stereocenters. The fourth-order valence-electron chi connectivity index (χ4n) is 4.31. The monoisotopic (exact) mass is 486 g/mol. The number of amides is 1. The van der Waals surface area contributed by atoms with Crippen molar-refractivity contribution in [3.8, 4) is 11.5 Å². The summed E-state index contributed by atoms with van der Waals surface area (Å²) < 4.78 is 15.9. The highest BCUT2D eigenvalue weighted by atomic mass is 35.5. The Hall–Kier alpha value is -3.07. The predicted octanol–water partition coefficient (Wildman–Crippen LogP) is 3.11. The summed E-state index contributed by atoms with van der Waals surface area (Å²) in [5.74, 6) is -0.650. The van der Waals surface area contributed by atoms with Crippen molar-refractivity contribution in [2.24, 2.45) is 0 Å². The fraction of sp³-hybridized carbons (Fsp3) is 0.360. The number of carbonyl (C=O) groups is 2. The van der Waals surface area contributed by atoms with Gasteiger partial charge in [0.2, 0.25) is 0 Å². The number of ether oxygens (including phenoxy) is 3. The van der Waals surface area contributed by atoms with Crippen molar-refractivity contribution >= 4 is 29.1 Å². The first-order valence-corrected chi connectivity index (χ1v) is 11.4. The Morgan fingerprint density at radius 1 is 1.09 bits per heavy atom. The van der Waals surface area contributed by atoms with Gasteiger partial charge in [0.1, 0.15) is 17.3 Å². The summed E-state index contributed by atoms with van der Waals surface area (Å²) in [6.07, 6.45) is 0. The first-order valence-electron chi connectivity index (χ1n) is 11.0. The molecule has 0 radical (unpaired) electrons. The number of hydrogen-bond donors (Lipinski definition) is 1. The number of likely N-dealkylation sites (tertiary alicyclic amines) is 1. The number of rotatable bonds is 7. The first-order chi connectivity index (χ1) is 16.4. The number of carbonyl (C=O) groups excluding carboxylic acids is 2. The van der Waals surface area contributed by atoms with Gasteiger partial charge in [0, 0.05) is 31.7 Å². The maximum Gasteiger partial charge on any atom is 0.295 e. The van der Waals surface area contributed by atoms with Gasteiger partial charge in [0.15, 0.2) is 0 Å². The van der Waals surface area contributed by atoms with E-state index in [-0.39, 0.29) is 16.4 Å². The standard InChI is InChI=1S/C25H27ClN2O6/c1-32-18-5-3-4-16(14-18)22-21(23(29)17-6-7-20(33-2)19(26)15-17)24(30)25(31)28(22)9-8-27-10-12-34-13-11-27/h3-7,14-15,22,29H,8-13H2,1-2H3/t22-/m0/s1. The molecule has 0 bridgehead atoms. The van der Waals surface area contributed by atoms with Gasteiger partial charge in [-0.05, 0) is 35.9 Å². The number of hydrogen-bond acceptors (Lipinski definition) is 7. The number of aliphatic hydroxyl groups is 1. The summed E-state index contributed by atoms with van der Waals surface area (Å²) in [6.45, 7) is 3.71. The summed E-state index contributed by atoms with van der Waals surface area (Å²) in [4.78, 5) is 30.0. The summed E-state index contributed by atoms with van der Waals surface area (Å²) in [5, 5.41) is 11.5. The highest BCUT2D eigenvalue weighted by Gasteiger charge is 2.46. The van der Waals surface area contributed by atoms with Gasteiger partial charge in [0.05, 0.1) is 44.1 Å². The second-order valence-electron chi connectivity index (χ2n) is 8.07. The van der Waals surface area contributed by atoms with Gasteiger partial charge in [-0.15, -0.1) is 0 Å². The molecule has 0 spiro atoms. The lowest BCUT2D eigenvalue weighted by Gasteiger charge is -2.31. The number of morpholine rings is 1. The lowest BCUT2D eigenvalue weighted by molar-refractivity contribution is -0.140. The molecule has 2 heterocycles. The Kier molecular flexibility index (Phi) is 7.41. The van der Waals surface area contributed by atoms with Crippen LogP contribution in [0.1, 0.15) is 17.2 Å². The van der Waals surface area contributed by atoms with Gasteiger partial charge in [-0.1, -0.05) is 23.7 Å². The van der Waals surface area contributed by atoms with E-state index in [1.165, 1.54) is 18.1 Å². The van der Waals surface area contributed by atoms with E-state index in [1.807, 2.05) is 6.07 Å². The number of methoxy groups -OCH3 is 2. The van der Waals surface area contributed by atoms with Gasteiger partial charge in [0.25, 0.3) is 11.7 Å². The normalized spacial score (nSPS) is 20.6. The quantitative estimate of drug-likeness (QED) is 0.365. The third-order valence-corrected chi connectivity index (χ3v) is 6.43. The van der Waals surface area contributed by atoms with Crippen LogP contribution in [0.3, 0.4) is 0 Å². The van der Waals surface area contributed by atoms with E-state index in [9.17, 15) is 14.7 Å². The molecule has 2 saturated heterocycles. The van der Waals surface area contributed by atoms with Crippen LogP contribution >= 0.6 is 11.6 Å². The smallest absolute Gasteiger partial charge is 0.295 e. The molecule has 1 atom stereocenters. The zero-order valence-corrected chi connectivity index (χ0v) is 19.9. The Bertz CT molecular complexity index is 1110. The van der Waals surface area contributed by atoms with Crippen LogP contribution in [0.4, 0.5) is 0 Å². The van der Waals surface area contributed by atoms with Gasteiger partial charge < -0.3 is 24.2 Å². The molecular formula is C25H27ClN2O6. The number of Topliss-reactive ketones (excluding diaryl/α,β-unsaturated/α-hetero) is 1. The number of nitrogens with zero attached hydrogens (tertiary/aromatic N) is 2. The molecule has 2 aromatic carbocycles. The van der Waals surface area contributed by atoms with Crippen molar-refractivity contribution < 1.29 is 28.9 Å². The molecule has 2 fully saturated rings. The van der Waals surface area contributed by atoms with Gasteiger partial charge in [-0.2, -0.15) is 0 Å². The largest absolute Gasteiger partial charge is 0.507 e. The molecule has 4 rings (SSSR count). The number of aliphatic hydroxyl groups excluding tert-OH is 1.